The summed E-state index contributed by atoms with van der Waals surface area (Å²) in [5.74, 6) is 0.579. The zero-order valence-corrected chi connectivity index (χ0v) is 6.76. The number of hydrogen-bond acceptors (Lipinski definition) is 1. The van der Waals surface area contributed by atoms with Crippen molar-refractivity contribution in [3.05, 3.63) is 11.8 Å². The summed E-state index contributed by atoms with van der Waals surface area (Å²) in [6.07, 6.45) is 5.20. The van der Waals surface area contributed by atoms with Crippen molar-refractivity contribution in [2.24, 2.45) is 0 Å². The van der Waals surface area contributed by atoms with Crippen LogP contribution in [0.5, 0.6) is 0 Å². The molecule has 1 aliphatic rings. The summed E-state index contributed by atoms with van der Waals surface area (Å²) in [6.45, 7) is 0. The fourth-order valence-electron chi connectivity index (χ4n) is 0.854. The Morgan fingerprint density at radius 2 is 2.50 bits per heavy atom. The fraction of sp³-hybridized carbons (Fsp3) is 0.667. The van der Waals surface area contributed by atoms with Crippen LogP contribution in [0.2, 0.25) is 0 Å². The van der Waals surface area contributed by atoms with Crippen molar-refractivity contribution in [3.63, 3.8) is 0 Å². The topological polar surface area (TPSA) is 20.2 Å². The van der Waals surface area contributed by atoms with E-state index in [0.717, 1.165) is 12.8 Å². The SMILES string of the molecule is OC1=CC(I)CCC1. The molecule has 0 aromatic carbocycles. The highest BCUT2D eigenvalue weighted by molar-refractivity contribution is 14.1. The molecule has 0 heterocycles. The largest absolute Gasteiger partial charge is 0.513 e. The molecule has 0 aromatic rings. The lowest BCUT2D eigenvalue weighted by atomic mass is 10.1. The molecular formula is C6H9IO. The Morgan fingerprint density at radius 3 is 2.88 bits per heavy atom. The van der Waals surface area contributed by atoms with Gasteiger partial charge in [0.15, 0.2) is 0 Å². The van der Waals surface area contributed by atoms with Gasteiger partial charge >= 0.3 is 0 Å². The summed E-state index contributed by atoms with van der Waals surface area (Å²) >= 11 is 2.34. The molecule has 0 radical (unpaired) electrons. The molecule has 1 nitrogen and oxygen atoms in total. The van der Waals surface area contributed by atoms with Crippen molar-refractivity contribution in [2.45, 2.75) is 23.2 Å². The minimum atomic E-state index is 0.571. The predicted octanol–water partition coefficient (Wildman–Crippen LogP) is 2.42. The summed E-state index contributed by atoms with van der Waals surface area (Å²) in [4.78, 5) is 0. The molecule has 1 unspecified atom stereocenters. The number of halogens is 1. The Kier molecular flexibility index (Phi) is 2.16. The number of aliphatic hydroxyl groups is 1. The van der Waals surface area contributed by atoms with Crippen LogP contribution in [0.1, 0.15) is 19.3 Å². The molecule has 8 heavy (non-hydrogen) atoms. The van der Waals surface area contributed by atoms with Crippen molar-refractivity contribution in [1.82, 2.24) is 0 Å². The van der Waals surface area contributed by atoms with E-state index < -0.39 is 0 Å². The van der Waals surface area contributed by atoms with Crippen LogP contribution in [0.3, 0.4) is 0 Å². The van der Waals surface area contributed by atoms with E-state index in [-0.39, 0.29) is 0 Å². The molecule has 0 bridgehead atoms. The van der Waals surface area contributed by atoms with Gasteiger partial charge in [0.25, 0.3) is 0 Å². The van der Waals surface area contributed by atoms with Crippen LogP contribution in [-0.2, 0) is 0 Å². The van der Waals surface area contributed by atoms with E-state index in [1.165, 1.54) is 6.42 Å². The van der Waals surface area contributed by atoms with Crippen molar-refractivity contribution in [3.8, 4) is 0 Å². The fourth-order valence-corrected chi connectivity index (χ4v) is 1.71. The average molecular weight is 224 g/mol. The second-order valence-electron chi connectivity index (χ2n) is 2.07. The van der Waals surface area contributed by atoms with Gasteiger partial charge in [0.05, 0.1) is 5.76 Å². The lowest BCUT2D eigenvalue weighted by Gasteiger charge is -2.10. The first-order valence-corrected chi connectivity index (χ1v) is 4.07. The highest BCUT2D eigenvalue weighted by atomic mass is 127. The number of allylic oxidation sites excluding steroid dienone is 2. The van der Waals surface area contributed by atoms with Crippen molar-refractivity contribution < 1.29 is 5.11 Å². The van der Waals surface area contributed by atoms with Crippen molar-refractivity contribution in [2.75, 3.05) is 0 Å². The maximum atomic E-state index is 8.94. The summed E-state index contributed by atoms with van der Waals surface area (Å²) in [5, 5.41) is 8.94. The molecule has 1 atom stereocenters. The van der Waals surface area contributed by atoms with E-state index in [2.05, 4.69) is 22.6 Å². The maximum absolute atomic E-state index is 8.94. The van der Waals surface area contributed by atoms with Crippen LogP contribution in [0.15, 0.2) is 11.8 Å². The Bertz CT molecular complexity index is 109. The molecule has 0 saturated carbocycles. The average Bonchev–Trinajstić information content (AvgIpc) is 1.64. The van der Waals surface area contributed by atoms with E-state index >= 15 is 0 Å². The van der Waals surface area contributed by atoms with Crippen molar-refractivity contribution in [1.29, 1.82) is 0 Å². The van der Waals surface area contributed by atoms with Crippen LogP contribution in [-0.4, -0.2) is 9.03 Å². The van der Waals surface area contributed by atoms with E-state index in [9.17, 15) is 0 Å². The van der Waals surface area contributed by atoms with E-state index in [1.807, 2.05) is 6.08 Å². The molecule has 2 heteroatoms. The summed E-state index contributed by atoms with van der Waals surface area (Å²) in [7, 11) is 0. The molecule has 1 aliphatic carbocycles. The number of rotatable bonds is 0. The van der Waals surface area contributed by atoms with Gasteiger partial charge in [0.2, 0.25) is 0 Å². The molecule has 0 saturated heterocycles. The van der Waals surface area contributed by atoms with Gasteiger partial charge in [-0.2, -0.15) is 0 Å². The first-order chi connectivity index (χ1) is 3.79. The van der Waals surface area contributed by atoms with Gasteiger partial charge in [-0.15, -0.1) is 0 Å². The summed E-state index contributed by atoms with van der Waals surface area (Å²) in [6, 6.07) is 0. The molecule has 0 amide bonds. The third-order valence-electron chi connectivity index (χ3n) is 1.29. The van der Waals surface area contributed by atoms with Crippen LogP contribution in [0.25, 0.3) is 0 Å². The smallest absolute Gasteiger partial charge is 0.0893 e. The van der Waals surface area contributed by atoms with Crippen LogP contribution >= 0.6 is 22.6 Å². The Labute approximate surface area is 62.9 Å². The molecule has 1 rings (SSSR count). The molecular weight excluding hydrogens is 215 g/mol. The third-order valence-corrected chi connectivity index (χ3v) is 2.27. The normalized spacial score (nSPS) is 29.6. The monoisotopic (exact) mass is 224 g/mol. The Hall–Kier alpha value is 0.270. The van der Waals surface area contributed by atoms with E-state index in [1.54, 1.807) is 0 Å². The first kappa shape index (κ1) is 6.39. The minimum absolute atomic E-state index is 0.571. The van der Waals surface area contributed by atoms with Crippen LogP contribution in [0, 0.1) is 0 Å². The van der Waals surface area contributed by atoms with E-state index in [0.29, 0.717) is 9.68 Å². The molecule has 0 aliphatic heterocycles. The number of aliphatic hydroxyl groups excluding tert-OH is 1. The Balaban J connectivity index is 2.50. The molecule has 0 aromatic heterocycles. The lowest BCUT2D eigenvalue weighted by Crippen LogP contribution is -2.01. The van der Waals surface area contributed by atoms with Crippen molar-refractivity contribution >= 4 is 22.6 Å². The highest BCUT2D eigenvalue weighted by Gasteiger charge is 2.07. The Morgan fingerprint density at radius 1 is 1.75 bits per heavy atom. The summed E-state index contributed by atoms with van der Waals surface area (Å²) < 4.78 is 0.571. The standard InChI is InChI=1S/C6H9IO/c7-5-2-1-3-6(8)4-5/h4-5,8H,1-3H2. The van der Waals surface area contributed by atoms with Gasteiger partial charge in [-0.25, -0.2) is 0 Å². The minimum Gasteiger partial charge on any atom is -0.513 e. The molecule has 46 valence electrons. The molecule has 1 N–H and O–H groups in total. The predicted molar refractivity (Wildman–Crippen MR) is 42.4 cm³/mol. The van der Waals surface area contributed by atoms with Gasteiger partial charge in [-0.1, -0.05) is 22.6 Å². The van der Waals surface area contributed by atoms with Crippen LogP contribution < -0.4 is 0 Å². The molecule has 0 fully saturated rings. The summed E-state index contributed by atoms with van der Waals surface area (Å²) in [5.41, 5.74) is 0. The number of hydrogen-bond donors (Lipinski definition) is 1. The van der Waals surface area contributed by atoms with E-state index in [4.69, 9.17) is 5.11 Å². The number of alkyl halides is 1. The van der Waals surface area contributed by atoms with Crippen LogP contribution in [0.4, 0.5) is 0 Å². The second-order valence-corrected chi connectivity index (χ2v) is 3.67. The molecule has 0 spiro atoms. The van der Waals surface area contributed by atoms with Gasteiger partial charge < -0.3 is 5.11 Å². The zero-order valence-electron chi connectivity index (χ0n) is 4.60. The highest BCUT2D eigenvalue weighted by Crippen LogP contribution is 2.21. The lowest BCUT2D eigenvalue weighted by molar-refractivity contribution is 0.371. The second kappa shape index (κ2) is 2.71. The van der Waals surface area contributed by atoms with Gasteiger partial charge in [-0.3, -0.25) is 0 Å². The maximum Gasteiger partial charge on any atom is 0.0893 e. The van der Waals surface area contributed by atoms with Gasteiger partial charge in [0, 0.05) is 10.3 Å². The third kappa shape index (κ3) is 1.65. The zero-order chi connectivity index (χ0) is 5.98. The van der Waals surface area contributed by atoms with Gasteiger partial charge in [-0.05, 0) is 18.9 Å². The van der Waals surface area contributed by atoms with Gasteiger partial charge in [0.1, 0.15) is 0 Å². The quantitative estimate of drug-likeness (QED) is 0.494. The first-order valence-electron chi connectivity index (χ1n) is 2.83.